The number of ether oxygens (including phenoxy) is 4. The first-order valence-electron chi connectivity index (χ1n) is 8.16. The molecule has 0 atom stereocenters. The van der Waals surface area contributed by atoms with Gasteiger partial charge in [-0.05, 0) is 59.7 Å². The molecule has 0 aliphatic carbocycles. The maximum atomic E-state index is 5.12. The minimum atomic E-state index is 0. The van der Waals surface area contributed by atoms with Crippen LogP contribution in [0.5, 0.6) is 23.0 Å². The van der Waals surface area contributed by atoms with Crippen molar-refractivity contribution in [2.24, 2.45) is 0 Å². The zero-order valence-corrected chi connectivity index (χ0v) is 15.6. The van der Waals surface area contributed by atoms with Gasteiger partial charge in [0.2, 0.25) is 0 Å². The van der Waals surface area contributed by atoms with E-state index in [9.17, 15) is 0 Å². The largest absolute Gasteiger partial charge is 0.497 e. The average Bonchev–Trinajstić information content (AvgIpc) is 2.74. The number of rotatable bonds is 5. The fourth-order valence-corrected chi connectivity index (χ4v) is 2.28. The molecule has 0 unspecified atom stereocenters. The second kappa shape index (κ2) is 13.1. The van der Waals surface area contributed by atoms with Crippen molar-refractivity contribution < 1.29 is 18.9 Å². The Morgan fingerprint density at radius 3 is 0.714 bits per heavy atom. The van der Waals surface area contributed by atoms with E-state index in [0.717, 1.165) is 23.0 Å². The highest BCUT2D eigenvalue weighted by Gasteiger charge is 1.98. The summed E-state index contributed by atoms with van der Waals surface area (Å²) in [7, 11) is 6.62. The smallest absolute Gasteiger partial charge is 0.119 e. The molecule has 0 bridgehead atoms. The van der Waals surface area contributed by atoms with E-state index in [1.54, 1.807) is 28.4 Å². The van der Waals surface area contributed by atoms with Crippen molar-refractivity contribution in [1.29, 1.82) is 0 Å². The Balaban J connectivity index is 0.000000532. The second-order valence-electron chi connectivity index (χ2n) is 5.34. The molecule has 0 aromatic heterocycles. The lowest BCUT2D eigenvalue weighted by Crippen LogP contribution is -1.84. The van der Waals surface area contributed by atoms with Gasteiger partial charge < -0.3 is 18.9 Å². The van der Waals surface area contributed by atoms with Crippen LogP contribution in [0.2, 0.25) is 0 Å². The summed E-state index contributed by atoms with van der Waals surface area (Å²) in [6, 6.07) is 23.4. The molecule has 3 rings (SSSR count). The maximum Gasteiger partial charge on any atom is 0.119 e. The van der Waals surface area contributed by atoms with Gasteiger partial charge >= 0.3 is 0 Å². The number of benzene rings is 3. The van der Waals surface area contributed by atoms with Crippen LogP contribution in [-0.4, -0.2) is 28.4 Å². The minimum Gasteiger partial charge on any atom is -0.497 e. The summed E-state index contributed by atoms with van der Waals surface area (Å²) in [5.74, 6) is 3.44. The molecule has 0 aliphatic rings. The molecule has 0 N–H and O–H groups in total. The topological polar surface area (TPSA) is 36.9 Å². The summed E-state index contributed by atoms with van der Waals surface area (Å²) < 4.78 is 20.2. The van der Waals surface area contributed by atoms with Gasteiger partial charge in [-0.15, -0.1) is 0 Å². The van der Waals surface area contributed by atoms with Crippen LogP contribution in [-0.2, 0) is 0 Å². The molecule has 28 heavy (non-hydrogen) atoms. The van der Waals surface area contributed by atoms with Crippen LogP contribution < -0.4 is 18.9 Å². The third-order valence-corrected chi connectivity index (χ3v) is 3.81. The Bertz CT molecular complexity index is 695. The van der Waals surface area contributed by atoms with E-state index in [2.05, 4.69) is 0 Å². The van der Waals surface area contributed by atoms with Crippen molar-refractivity contribution in [3.63, 3.8) is 0 Å². The molecule has 3 aromatic rings. The van der Waals surface area contributed by atoms with Crippen molar-refractivity contribution in [2.45, 2.75) is 14.9 Å². The van der Waals surface area contributed by atoms with Gasteiger partial charge in [0.05, 0.1) is 28.4 Å². The quantitative estimate of drug-likeness (QED) is 0.514. The van der Waals surface area contributed by atoms with Crippen molar-refractivity contribution in [3.8, 4) is 34.1 Å². The molecule has 4 nitrogen and oxygen atoms in total. The molecule has 3 aromatic carbocycles. The lowest BCUT2D eigenvalue weighted by Gasteiger charge is -2.05. The minimum absolute atomic E-state index is 0. The number of hydrogen-bond donors (Lipinski definition) is 0. The summed E-state index contributed by atoms with van der Waals surface area (Å²) in [5, 5.41) is 0. The molecule has 0 amide bonds. The third-order valence-electron chi connectivity index (χ3n) is 3.81. The van der Waals surface area contributed by atoms with Crippen LogP contribution >= 0.6 is 0 Å². The highest BCUT2D eigenvalue weighted by Crippen LogP contribution is 2.24. The molecule has 0 saturated carbocycles. The molecule has 4 heteroatoms. The fourth-order valence-electron chi connectivity index (χ4n) is 2.28. The van der Waals surface area contributed by atoms with Crippen LogP contribution in [0.1, 0.15) is 14.9 Å². The summed E-state index contributed by atoms with van der Waals surface area (Å²) in [6.07, 6.45) is 0. The van der Waals surface area contributed by atoms with E-state index >= 15 is 0 Å². The summed E-state index contributed by atoms with van der Waals surface area (Å²) in [5.41, 5.74) is 2.34. The highest BCUT2D eigenvalue weighted by molar-refractivity contribution is 5.64. The van der Waals surface area contributed by atoms with Crippen LogP contribution in [0.3, 0.4) is 0 Å². The first-order chi connectivity index (χ1) is 12.7. The molecular weight excluding hydrogens is 352 g/mol. The Kier molecular flexibility index (Phi) is 11.6. The first-order valence-corrected chi connectivity index (χ1v) is 8.16. The van der Waals surface area contributed by atoms with Crippen molar-refractivity contribution in [3.05, 3.63) is 72.8 Å². The van der Waals surface area contributed by atoms with Gasteiger partial charge in [-0.1, -0.05) is 39.1 Å². The maximum absolute atomic E-state index is 5.12. The SMILES string of the molecule is C.C.COc1ccc(-c2ccc(OC)cc2)cc1.COc1ccc(OC)cc1. The second-order valence-corrected chi connectivity index (χ2v) is 5.34. The van der Waals surface area contributed by atoms with E-state index < -0.39 is 0 Å². The van der Waals surface area contributed by atoms with Crippen LogP contribution in [0.25, 0.3) is 11.1 Å². The van der Waals surface area contributed by atoms with Crippen molar-refractivity contribution >= 4 is 0 Å². The monoisotopic (exact) mass is 384 g/mol. The Morgan fingerprint density at radius 1 is 0.357 bits per heavy atom. The predicted octanol–water partition coefficient (Wildman–Crippen LogP) is 6.35. The predicted molar refractivity (Wildman–Crippen MR) is 118 cm³/mol. The van der Waals surface area contributed by atoms with E-state index in [1.165, 1.54) is 11.1 Å². The molecule has 0 spiro atoms. The molecule has 0 saturated heterocycles. The van der Waals surface area contributed by atoms with Gasteiger partial charge in [-0.2, -0.15) is 0 Å². The van der Waals surface area contributed by atoms with Crippen molar-refractivity contribution in [1.82, 2.24) is 0 Å². The summed E-state index contributed by atoms with van der Waals surface area (Å²) >= 11 is 0. The molecule has 0 aliphatic heterocycles. The lowest BCUT2D eigenvalue weighted by atomic mass is 10.1. The molecular formula is C24H32O4. The van der Waals surface area contributed by atoms with Gasteiger partial charge in [-0.3, -0.25) is 0 Å². The van der Waals surface area contributed by atoms with Crippen LogP contribution in [0, 0.1) is 0 Å². The standard InChI is InChI=1S/C14H14O2.C8H10O2.2CH4/c1-15-13-7-3-11(4-8-13)12-5-9-14(16-2)10-6-12;1-9-7-3-5-8(10-2)6-4-7;;/h3-10H,1-2H3;3-6H,1-2H3;2*1H4. The highest BCUT2D eigenvalue weighted by atomic mass is 16.5. The van der Waals surface area contributed by atoms with E-state index in [0.29, 0.717) is 0 Å². The van der Waals surface area contributed by atoms with Gasteiger partial charge in [0.15, 0.2) is 0 Å². The molecule has 0 radical (unpaired) electrons. The Morgan fingerprint density at radius 2 is 0.536 bits per heavy atom. The average molecular weight is 385 g/mol. The van der Waals surface area contributed by atoms with Crippen LogP contribution in [0.15, 0.2) is 72.8 Å². The van der Waals surface area contributed by atoms with Gasteiger partial charge in [0, 0.05) is 0 Å². The number of methoxy groups -OCH3 is 4. The fraction of sp³-hybridized carbons (Fsp3) is 0.250. The van der Waals surface area contributed by atoms with Crippen molar-refractivity contribution in [2.75, 3.05) is 28.4 Å². The first kappa shape index (κ1) is 24.9. The van der Waals surface area contributed by atoms with Gasteiger partial charge in [-0.25, -0.2) is 0 Å². The third kappa shape index (κ3) is 7.23. The lowest BCUT2D eigenvalue weighted by molar-refractivity contribution is 0.403. The zero-order valence-electron chi connectivity index (χ0n) is 15.6. The Hall–Kier alpha value is -3.14. The van der Waals surface area contributed by atoms with E-state index in [1.807, 2.05) is 72.8 Å². The normalized spacial score (nSPS) is 8.86. The summed E-state index contributed by atoms with van der Waals surface area (Å²) in [4.78, 5) is 0. The zero-order chi connectivity index (χ0) is 18.8. The molecule has 152 valence electrons. The van der Waals surface area contributed by atoms with E-state index in [-0.39, 0.29) is 14.9 Å². The number of hydrogen-bond acceptors (Lipinski definition) is 4. The van der Waals surface area contributed by atoms with Gasteiger partial charge in [0.1, 0.15) is 23.0 Å². The molecule has 0 heterocycles. The van der Waals surface area contributed by atoms with Crippen LogP contribution in [0.4, 0.5) is 0 Å². The van der Waals surface area contributed by atoms with E-state index in [4.69, 9.17) is 18.9 Å². The Labute approximate surface area is 169 Å². The van der Waals surface area contributed by atoms with Gasteiger partial charge in [0.25, 0.3) is 0 Å². The summed E-state index contributed by atoms with van der Waals surface area (Å²) in [6.45, 7) is 0. The molecule has 0 fully saturated rings.